The summed E-state index contributed by atoms with van der Waals surface area (Å²) in [5, 5.41) is 2.86. The summed E-state index contributed by atoms with van der Waals surface area (Å²) >= 11 is 0. The van der Waals surface area contributed by atoms with Crippen LogP contribution in [-0.2, 0) is 6.54 Å². The highest BCUT2D eigenvalue weighted by Crippen LogP contribution is 2.14. The van der Waals surface area contributed by atoms with Gasteiger partial charge in [0.15, 0.2) is 0 Å². The summed E-state index contributed by atoms with van der Waals surface area (Å²) in [5.74, 6) is -0.0973. The largest absolute Gasteiger partial charge is 0.398 e. The molecular formula is C13H16N4O. The van der Waals surface area contributed by atoms with Crippen molar-refractivity contribution in [1.29, 1.82) is 0 Å². The van der Waals surface area contributed by atoms with Crippen molar-refractivity contribution >= 4 is 11.6 Å². The van der Waals surface area contributed by atoms with E-state index in [9.17, 15) is 4.79 Å². The molecule has 5 heteroatoms. The molecule has 0 atom stereocenters. The normalized spacial score (nSPS) is 10.3. The van der Waals surface area contributed by atoms with Crippen LogP contribution >= 0.6 is 0 Å². The number of carbonyl (C=O) groups is 1. The van der Waals surface area contributed by atoms with Gasteiger partial charge in [0.05, 0.1) is 6.33 Å². The lowest BCUT2D eigenvalue weighted by atomic mass is 10.1. The van der Waals surface area contributed by atoms with E-state index in [0.29, 0.717) is 24.3 Å². The van der Waals surface area contributed by atoms with Crippen LogP contribution in [0.4, 0.5) is 5.69 Å². The standard InChI is InChI=1S/C13H16N4O/c1-10-11(3-2-4-12(10)14)13(18)16-6-8-17-7-5-15-9-17/h2-5,7,9H,6,8,14H2,1H3,(H,16,18). The van der Waals surface area contributed by atoms with E-state index in [4.69, 9.17) is 5.73 Å². The van der Waals surface area contributed by atoms with Gasteiger partial charge in [0.25, 0.3) is 5.91 Å². The molecule has 2 rings (SSSR count). The van der Waals surface area contributed by atoms with Gasteiger partial charge in [-0.15, -0.1) is 0 Å². The van der Waals surface area contributed by atoms with Crippen LogP contribution < -0.4 is 11.1 Å². The molecule has 0 saturated carbocycles. The number of benzene rings is 1. The molecule has 18 heavy (non-hydrogen) atoms. The Kier molecular flexibility index (Phi) is 3.62. The first kappa shape index (κ1) is 12.2. The summed E-state index contributed by atoms with van der Waals surface area (Å²) in [6.45, 7) is 3.11. The summed E-state index contributed by atoms with van der Waals surface area (Å²) in [7, 11) is 0. The molecule has 1 aromatic carbocycles. The third kappa shape index (κ3) is 2.68. The highest BCUT2D eigenvalue weighted by atomic mass is 16.1. The first-order chi connectivity index (χ1) is 8.68. The van der Waals surface area contributed by atoms with Crippen molar-refractivity contribution in [2.75, 3.05) is 12.3 Å². The second-order valence-corrected chi connectivity index (χ2v) is 4.08. The van der Waals surface area contributed by atoms with E-state index in [1.54, 1.807) is 30.7 Å². The molecule has 0 aliphatic rings. The fraction of sp³-hybridized carbons (Fsp3) is 0.231. The minimum absolute atomic E-state index is 0.0973. The number of anilines is 1. The molecule has 0 spiro atoms. The summed E-state index contributed by atoms with van der Waals surface area (Å²) in [6.07, 6.45) is 5.29. The number of nitrogens with two attached hydrogens (primary N) is 1. The van der Waals surface area contributed by atoms with Gasteiger partial charge < -0.3 is 15.6 Å². The van der Waals surface area contributed by atoms with Crippen molar-refractivity contribution in [1.82, 2.24) is 14.9 Å². The van der Waals surface area contributed by atoms with Gasteiger partial charge in [-0.05, 0) is 24.6 Å². The van der Waals surface area contributed by atoms with Crippen LogP contribution in [0.15, 0.2) is 36.9 Å². The average molecular weight is 244 g/mol. The van der Waals surface area contributed by atoms with E-state index in [2.05, 4.69) is 10.3 Å². The Morgan fingerprint density at radius 3 is 3.06 bits per heavy atom. The lowest BCUT2D eigenvalue weighted by Crippen LogP contribution is -2.27. The zero-order valence-electron chi connectivity index (χ0n) is 10.3. The van der Waals surface area contributed by atoms with Crippen molar-refractivity contribution in [3.05, 3.63) is 48.0 Å². The number of nitrogens with one attached hydrogen (secondary N) is 1. The Hall–Kier alpha value is -2.30. The molecule has 3 N–H and O–H groups in total. The number of amides is 1. The van der Waals surface area contributed by atoms with E-state index in [0.717, 1.165) is 5.56 Å². The van der Waals surface area contributed by atoms with Gasteiger partial charge in [0.2, 0.25) is 0 Å². The second-order valence-electron chi connectivity index (χ2n) is 4.08. The third-order valence-corrected chi connectivity index (χ3v) is 2.84. The maximum absolute atomic E-state index is 12.0. The smallest absolute Gasteiger partial charge is 0.251 e. The quantitative estimate of drug-likeness (QED) is 0.794. The van der Waals surface area contributed by atoms with Gasteiger partial charge in [-0.1, -0.05) is 6.07 Å². The van der Waals surface area contributed by atoms with Crippen molar-refractivity contribution < 1.29 is 4.79 Å². The molecule has 1 heterocycles. The Bertz CT molecular complexity index is 534. The third-order valence-electron chi connectivity index (χ3n) is 2.84. The maximum Gasteiger partial charge on any atom is 0.251 e. The van der Waals surface area contributed by atoms with Crippen molar-refractivity contribution in [3.8, 4) is 0 Å². The molecule has 94 valence electrons. The van der Waals surface area contributed by atoms with Crippen LogP contribution in [0.1, 0.15) is 15.9 Å². The Morgan fingerprint density at radius 2 is 2.33 bits per heavy atom. The molecule has 5 nitrogen and oxygen atoms in total. The van der Waals surface area contributed by atoms with E-state index in [1.807, 2.05) is 17.7 Å². The maximum atomic E-state index is 12.0. The zero-order chi connectivity index (χ0) is 13.0. The van der Waals surface area contributed by atoms with Gasteiger partial charge in [-0.25, -0.2) is 4.98 Å². The van der Waals surface area contributed by atoms with Crippen molar-refractivity contribution in [3.63, 3.8) is 0 Å². The second kappa shape index (κ2) is 5.35. The number of carbonyl (C=O) groups excluding carboxylic acids is 1. The Morgan fingerprint density at radius 1 is 1.50 bits per heavy atom. The fourth-order valence-corrected chi connectivity index (χ4v) is 1.71. The average Bonchev–Trinajstić information content (AvgIpc) is 2.85. The molecule has 0 unspecified atom stereocenters. The van der Waals surface area contributed by atoms with Crippen molar-refractivity contribution in [2.45, 2.75) is 13.5 Å². The van der Waals surface area contributed by atoms with Crippen LogP contribution in [0.5, 0.6) is 0 Å². The highest BCUT2D eigenvalue weighted by Gasteiger charge is 2.09. The van der Waals surface area contributed by atoms with E-state index in [1.165, 1.54) is 0 Å². The molecule has 2 aromatic rings. The molecule has 0 radical (unpaired) electrons. The summed E-state index contributed by atoms with van der Waals surface area (Å²) < 4.78 is 1.91. The lowest BCUT2D eigenvalue weighted by molar-refractivity contribution is 0.0951. The summed E-state index contributed by atoms with van der Waals surface area (Å²) in [5.41, 5.74) is 7.85. The molecule has 0 bridgehead atoms. The fourth-order valence-electron chi connectivity index (χ4n) is 1.71. The van der Waals surface area contributed by atoms with Crippen LogP contribution in [0.2, 0.25) is 0 Å². The van der Waals surface area contributed by atoms with Gasteiger partial charge in [0, 0.05) is 36.7 Å². The van der Waals surface area contributed by atoms with Crippen molar-refractivity contribution in [2.24, 2.45) is 0 Å². The van der Waals surface area contributed by atoms with E-state index < -0.39 is 0 Å². The Balaban J connectivity index is 1.93. The van der Waals surface area contributed by atoms with Crippen LogP contribution in [-0.4, -0.2) is 22.0 Å². The number of hydrogen-bond donors (Lipinski definition) is 2. The molecule has 0 aliphatic carbocycles. The van der Waals surface area contributed by atoms with E-state index >= 15 is 0 Å². The summed E-state index contributed by atoms with van der Waals surface area (Å²) in [4.78, 5) is 15.9. The van der Waals surface area contributed by atoms with Gasteiger partial charge in [-0.3, -0.25) is 4.79 Å². The zero-order valence-corrected chi connectivity index (χ0v) is 10.3. The number of nitrogen functional groups attached to an aromatic ring is 1. The number of hydrogen-bond acceptors (Lipinski definition) is 3. The number of imidazole rings is 1. The van der Waals surface area contributed by atoms with Crippen LogP contribution in [0.25, 0.3) is 0 Å². The van der Waals surface area contributed by atoms with Crippen LogP contribution in [0.3, 0.4) is 0 Å². The molecule has 1 aromatic heterocycles. The molecule has 0 aliphatic heterocycles. The van der Waals surface area contributed by atoms with Gasteiger partial charge >= 0.3 is 0 Å². The van der Waals surface area contributed by atoms with Gasteiger partial charge in [0.1, 0.15) is 0 Å². The first-order valence-corrected chi connectivity index (χ1v) is 5.77. The highest BCUT2D eigenvalue weighted by molar-refractivity contribution is 5.96. The molecule has 0 fully saturated rings. The lowest BCUT2D eigenvalue weighted by Gasteiger charge is -2.09. The number of rotatable bonds is 4. The minimum Gasteiger partial charge on any atom is -0.398 e. The molecule has 0 saturated heterocycles. The number of aromatic nitrogens is 2. The minimum atomic E-state index is -0.0973. The predicted octanol–water partition coefficient (Wildman–Crippen LogP) is 1.20. The SMILES string of the molecule is Cc1c(N)cccc1C(=O)NCCn1ccnc1. The molecular weight excluding hydrogens is 228 g/mol. The Labute approximate surface area is 106 Å². The topological polar surface area (TPSA) is 72.9 Å². The molecule has 1 amide bonds. The monoisotopic (exact) mass is 244 g/mol. The summed E-state index contributed by atoms with van der Waals surface area (Å²) in [6, 6.07) is 5.35. The first-order valence-electron chi connectivity index (χ1n) is 5.77. The van der Waals surface area contributed by atoms with Crippen LogP contribution in [0, 0.1) is 6.92 Å². The predicted molar refractivity (Wildman–Crippen MR) is 70.2 cm³/mol. The van der Waals surface area contributed by atoms with E-state index in [-0.39, 0.29) is 5.91 Å². The van der Waals surface area contributed by atoms with Gasteiger partial charge in [-0.2, -0.15) is 0 Å². The number of nitrogens with zero attached hydrogens (tertiary/aromatic N) is 2.